The van der Waals surface area contributed by atoms with Crippen LogP contribution >= 0.6 is 11.6 Å². The smallest absolute Gasteiger partial charge is 0.417 e. The van der Waals surface area contributed by atoms with E-state index >= 15 is 0 Å². The lowest BCUT2D eigenvalue weighted by Gasteiger charge is -2.27. The third kappa shape index (κ3) is 5.34. The molecule has 0 unspecified atom stereocenters. The maximum Gasteiger partial charge on any atom is 0.417 e. The molecule has 1 fully saturated rings. The van der Waals surface area contributed by atoms with Crippen molar-refractivity contribution in [3.63, 3.8) is 0 Å². The quantitative estimate of drug-likeness (QED) is 0.137. The lowest BCUT2D eigenvalue weighted by atomic mass is 10.00. The molecule has 4 rings (SSSR count). The van der Waals surface area contributed by atoms with Crippen molar-refractivity contribution < 1.29 is 32.1 Å². The van der Waals surface area contributed by atoms with Gasteiger partial charge in [-0.05, 0) is 62.1 Å². The molecule has 0 N–H and O–H groups in total. The molecule has 0 bridgehead atoms. The van der Waals surface area contributed by atoms with Crippen LogP contribution in [-0.2, 0) is 18.0 Å². The van der Waals surface area contributed by atoms with Gasteiger partial charge in [0.15, 0.2) is 12.4 Å². The molecule has 1 aliphatic heterocycles. The second kappa shape index (κ2) is 10.8. The highest BCUT2D eigenvalue weighted by Crippen LogP contribution is 2.40. The van der Waals surface area contributed by atoms with Crippen molar-refractivity contribution >= 4 is 34.9 Å². The summed E-state index contributed by atoms with van der Waals surface area (Å²) in [5.41, 5.74) is -0.558. The fraction of sp³-hybridized carbons (Fsp3) is 0.310. The van der Waals surface area contributed by atoms with Gasteiger partial charge in [-0.25, -0.2) is 19.1 Å². The zero-order valence-corrected chi connectivity index (χ0v) is 23.1. The Morgan fingerprint density at radius 3 is 2.40 bits per heavy atom. The Labute approximate surface area is 235 Å². The van der Waals surface area contributed by atoms with Gasteiger partial charge in [0.25, 0.3) is 5.91 Å². The molecule has 0 spiro atoms. The van der Waals surface area contributed by atoms with Gasteiger partial charge >= 0.3 is 12.2 Å². The van der Waals surface area contributed by atoms with E-state index in [1.165, 1.54) is 29.2 Å². The molecule has 2 aromatic carbocycles. The number of rotatable bonds is 7. The summed E-state index contributed by atoms with van der Waals surface area (Å²) in [7, 11) is 1.78. The largest absolute Gasteiger partial charge is 0.494 e. The number of benzene rings is 2. The van der Waals surface area contributed by atoms with Crippen LogP contribution < -0.4 is 14.2 Å². The molecular weight excluding hydrogens is 545 g/mol. The summed E-state index contributed by atoms with van der Waals surface area (Å²) in [5, 5.41) is 0.170. The number of urea groups is 1. The van der Waals surface area contributed by atoms with Gasteiger partial charge in [0.1, 0.15) is 18.3 Å². The van der Waals surface area contributed by atoms with Crippen molar-refractivity contribution in [2.24, 2.45) is 7.05 Å². The molecule has 3 aromatic rings. The highest BCUT2D eigenvalue weighted by atomic mass is 35.5. The number of amides is 3. The fourth-order valence-corrected chi connectivity index (χ4v) is 4.81. The summed E-state index contributed by atoms with van der Waals surface area (Å²) in [4.78, 5) is 32.3. The average molecular weight is 572 g/mol. The Bertz CT molecular complexity index is 1510. The van der Waals surface area contributed by atoms with Crippen molar-refractivity contribution in [1.82, 2.24) is 4.90 Å². The monoisotopic (exact) mass is 571 g/mol. The van der Waals surface area contributed by atoms with Gasteiger partial charge in [0, 0.05) is 18.7 Å². The van der Waals surface area contributed by atoms with E-state index in [1.807, 2.05) is 0 Å². The molecule has 208 valence electrons. The molecular formula is C29H27ClF3N4O3+. The number of aryl methyl sites for hydroxylation is 1. The molecule has 0 radical (unpaired) electrons. The number of ether oxygens (including phenoxy) is 1. The Morgan fingerprint density at radius 2 is 1.77 bits per heavy atom. The van der Waals surface area contributed by atoms with Gasteiger partial charge < -0.3 is 9.64 Å². The summed E-state index contributed by atoms with van der Waals surface area (Å²) in [6, 6.07) is 9.47. The first-order valence-corrected chi connectivity index (χ1v) is 12.8. The third-order valence-corrected chi connectivity index (χ3v) is 7.38. The first kappa shape index (κ1) is 28.9. The summed E-state index contributed by atoms with van der Waals surface area (Å²) in [5.74, 6) is -0.402. The van der Waals surface area contributed by atoms with E-state index in [-0.39, 0.29) is 41.6 Å². The van der Waals surface area contributed by atoms with Crippen LogP contribution in [0.5, 0.6) is 5.75 Å². The maximum atomic E-state index is 13.9. The number of halogens is 4. The minimum atomic E-state index is -4.59. The van der Waals surface area contributed by atoms with Crippen LogP contribution in [0.15, 0.2) is 54.9 Å². The summed E-state index contributed by atoms with van der Waals surface area (Å²) < 4.78 is 48.9. The number of alkyl halides is 3. The van der Waals surface area contributed by atoms with E-state index in [2.05, 4.69) is 4.85 Å². The van der Waals surface area contributed by atoms with Crippen molar-refractivity contribution in [3.05, 3.63) is 82.4 Å². The van der Waals surface area contributed by atoms with E-state index < -0.39 is 29.2 Å². The zero-order valence-electron chi connectivity index (χ0n) is 22.3. The normalized spacial score (nSPS) is 15.0. The van der Waals surface area contributed by atoms with Crippen LogP contribution in [0.3, 0.4) is 0 Å². The number of hydrogen-bond acceptors (Lipinski definition) is 3. The molecule has 7 nitrogen and oxygen atoms in total. The molecule has 11 heteroatoms. The maximum absolute atomic E-state index is 13.9. The number of carbonyl (C=O) groups is 2. The SMILES string of the molecule is [C-]#[N+]c1ccc(N2C(=O)N(CCCOc3ccc(-c4cc[n+](C)cc4)c(C(F)(F)F)c3)C(C)(C)C2=O)c(C)c1Cl. The summed E-state index contributed by atoms with van der Waals surface area (Å²) >= 11 is 6.27. The molecule has 0 saturated carbocycles. The number of pyridine rings is 1. The van der Waals surface area contributed by atoms with E-state index in [4.69, 9.17) is 22.9 Å². The number of carbonyl (C=O) groups excluding carboxylic acids is 2. The molecule has 40 heavy (non-hydrogen) atoms. The number of aromatic nitrogens is 1. The Hall–Kier alpha value is -4.10. The van der Waals surface area contributed by atoms with Crippen LogP contribution in [0.25, 0.3) is 16.0 Å². The number of anilines is 1. The minimum absolute atomic E-state index is 0.0242. The zero-order chi connectivity index (χ0) is 29.4. The Morgan fingerprint density at radius 1 is 1.10 bits per heavy atom. The first-order valence-electron chi connectivity index (χ1n) is 12.4. The van der Waals surface area contributed by atoms with Crippen molar-refractivity contribution in [2.75, 3.05) is 18.1 Å². The standard InChI is InChI=1S/C29H27ClF3N4O3/c1-18-24(10-9-23(34-4)25(18)30)37-26(38)28(2,3)36(27(37)39)13-6-16-40-20-7-8-21(22(17-20)29(31,32)33)19-11-14-35(5)15-12-19/h7-12,14-15,17H,6,13,16H2,1-3,5H3/q+1. The topological polar surface area (TPSA) is 58.1 Å². The van der Waals surface area contributed by atoms with Gasteiger partial charge in [0.05, 0.1) is 29.5 Å². The van der Waals surface area contributed by atoms with Crippen LogP contribution in [0.2, 0.25) is 5.02 Å². The van der Waals surface area contributed by atoms with Crippen molar-refractivity contribution in [2.45, 2.75) is 38.9 Å². The second-order valence-corrected chi connectivity index (χ2v) is 10.3. The molecule has 1 saturated heterocycles. The summed E-state index contributed by atoms with van der Waals surface area (Å²) in [6.07, 6.45) is -0.974. The number of nitrogens with zero attached hydrogens (tertiary/aromatic N) is 4. The number of imide groups is 1. The molecule has 2 heterocycles. The lowest BCUT2D eigenvalue weighted by molar-refractivity contribution is -0.671. The summed E-state index contributed by atoms with van der Waals surface area (Å²) in [6.45, 7) is 12.2. The number of hydrogen-bond donors (Lipinski definition) is 0. The van der Waals surface area contributed by atoms with Crippen LogP contribution in [0.4, 0.5) is 29.3 Å². The highest BCUT2D eigenvalue weighted by Gasteiger charge is 2.52. The van der Waals surface area contributed by atoms with Crippen molar-refractivity contribution in [3.8, 4) is 16.9 Å². The molecule has 0 atom stereocenters. The van der Waals surface area contributed by atoms with Gasteiger partial charge in [-0.1, -0.05) is 23.7 Å². The van der Waals surface area contributed by atoms with E-state index in [0.717, 1.165) is 11.0 Å². The molecule has 1 aromatic heterocycles. The van der Waals surface area contributed by atoms with Gasteiger partial charge in [-0.2, -0.15) is 13.2 Å². The predicted molar refractivity (Wildman–Crippen MR) is 144 cm³/mol. The predicted octanol–water partition coefficient (Wildman–Crippen LogP) is 6.73. The highest BCUT2D eigenvalue weighted by molar-refractivity contribution is 6.35. The fourth-order valence-electron chi connectivity index (χ4n) is 4.61. The molecule has 1 aliphatic rings. The molecule has 3 amide bonds. The Balaban J connectivity index is 1.47. The van der Waals surface area contributed by atoms with Crippen molar-refractivity contribution in [1.29, 1.82) is 0 Å². The van der Waals surface area contributed by atoms with Crippen LogP contribution in [0, 0.1) is 13.5 Å². The third-order valence-electron chi connectivity index (χ3n) is 6.90. The van der Waals surface area contributed by atoms with Crippen LogP contribution in [0.1, 0.15) is 31.4 Å². The van der Waals surface area contributed by atoms with Gasteiger partial charge in [0.2, 0.25) is 5.69 Å². The molecule has 0 aliphatic carbocycles. The first-order chi connectivity index (χ1) is 18.8. The Kier molecular flexibility index (Phi) is 7.81. The lowest BCUT2D eigenvalue weighted by Crippen LogP contribution is -2.44. The average Bonchev–Trinajstić information content (AvgIpc) is 3.07. The van der Waals surface area contributed by atoms with Crippen LogP contribution in [-0.4, -0.2) is 35.5 Å². The second-order valence-electron chi connectivity index (χ2n) is 9.95. The van der Waals surface area contributed by atoms with Gasteiger partial charge in [-0.15, -0.1) is 0 Å². The van der Waals surface area contributed by atoms with E-state index in [9.17, 15) is 22.8 Å². The van der Waals surface area contributed by atoms with Gasteiger partial charge in [-0.3, -0.25) is 4.79 Å². The van der Waals surface area contributed by atoms with E-state index in [0.29, 0.717) is 16.8 Å². The van der Waals surface area contributed by atoms with E-state index in [1.54, 1.807) is 56.9 Å². The minimum Gasteiger partial charge on any atom is -0.494 e.